The third kappa shape index (κ3) is 3.13. The summed E-state index contributed by atoms with van der Waals surface area (Å²) in [5.74, 6) is -0.614. The van der Waals surface area contributed by atoms with Crippen LogP contribution in [0.1, 0.15) is 30.4 Å². The average Bonchev–Trinajstić information content (AvgIpc) is 2.42. The lowest BCUT2D eigenvalue weighted by Gasteiger charge is -2.31. The number of carbonyl (C=O) groups is 1. The fourth-order valence-electron chi connectivity index (χ4n) is 2.73. The highest BCUT2D eigenvalue weighted by Crippen LogP contribution is 2.32. The lowest BCUT2D eigenvalue weighted by Crippen LogP contribution is -2.39. The molecule has 1 N–H and O–H groups in total. The molecule has 104 valence electrons. The number of carbonyl (C=O) groups excluding carboxylic acids is 1. The van der Waals surface area contributed by atoms with Crippen molar-refractivity contribution < 1.29 is 13.9 Å². The molecule has 4 heteroatoms. The van der Waals surface area contributed by atoms with Crippen LogP contribution in [-0.2, 0) is 9.53 Å². The van der Waals surface area contributed by atoms with E-state index >= 15 is 0 Å². The Morgan fingerprint density at radius 2 is 2.32 bits per heavy atom. The van der Waals surface area contributed by atoms with Gasteiger partial charge in [-0.3, -0.25) is 4.79 Å². The molecular weight excluding hydrogens is 245 g/mol. The summed E-state index contributed by atoms with van der Waals surface area (Å²) >= 11 is 0. The number of halogens is 1. The van der Waals surface area contributed by atoms with Crippen molar-refractivity contribution in [1.29, 1.82) is 0 Å². The maximum absolute atomic E-state index is 13.4. The molecule has 1 aliphatic rings. The van der Waals surface area contributed by atoms with Gasteiger partial charge in [-0.1, -0.05) is 6.07 Å². The molecule has 0 aliphatic carbocycles. The van der Waals surface area contributed by atoms with Gasteiger partial charge in [-0.25, -0.2) is 4.39 Å². The van der Waals surface area contributed by atoms with Crippen LogP contribution in [0, 0.1) is 18.7 Å². The molecule has 1 aromatic carbocycles. The molecule has 2 atom stereocenters. The average molecular weight is 265 g/mol. The smallest absolute Gasteiger partial charge is 0.309 e. The first-order chi connectivity index (χ1) is 9.13. The van der Waals surface area contributed by atoms with Crippen molar-refractivity contribution >= 4 is 5.97 Å². The zero-order chi connectivity index (χ0) is 13.8. The fourth-order valence-corrected chi connectivity index (χ4v) is 2.73. The lowest BCUT2D eigenvalue weighted by atomic mass is 9.80. The zero-order valence-electron chi connectivity index (χ0n) is 11.4. The number of ether oxygens (including phenoxy) is 1. The summed E-state index contributed by atoms with van der Waals surface area (Å²) in [5.41, 5.74) is 1.93. The van der Waals surface area contributed by atoms with Gasteiger partial charge < -0.3 is 10.1 Å². The maximum atomic E-state index is 13.4. The van der Waals surface area contributed by atoms with E-state index in [1.165, 1.54) is 6.07 Å². The molecule has 1 fully saturated rings. The van der Waals surface area contributed by atoms with Crippen molar-refractivity contribution in [3.8, 4) is 0 Å². The lowest BCUT2D eigenvalue weighted by molar-refractivity contribution is -0.149. The molecule has 0 unspecified atom stereocenters. The molecule has 0 saturated carbocycles. The van der Waals surface area contributed by atoms with Gasteiger partial charge in [-0.2, -0.15) is 0 Å². The Morgan fingerprint density at radius 3 is 3.05 bits per heavy atom. The Morgan fingerprint density at radius 1 is 1.53 bits per heavy atom. The van der Waals surface area contributed by atoms with E-state index < -0.39 is 0 Å². The first-order valence-electron chi connectivity index (χ1n) is 6.77. The molecule has 2 rings (SSSR count). The van der Waals surface area contributed by atoms with Crippen LogP contribution in [0.2, 0.25) is 0 Å². The molecule has 1 saturated heterocycles. The van der Waals surface area contributed by atoms with Crippen LogP contribution < -0.4 is 5.32 Å². The monoisotopic (exact) mass is 265 g/mol. The van der Waals surface area contributed by atoms with Gasteiger partial charge in [0.05, 0.1) is 12.5 Å². The standard InChI is InChI=1S/C15H20FNO2/c1-3-19-15(18)12-6-7-17-9-14(12)13-8-11(16)5-4-10(13)2/h4-5,8,12,14,17H,3,6-7,9H2,1-2H3/t12-,14+/m0/s1. The van der Waals surface area contributed by atoms with E-state index in [-0.39, 0.29) is 23.6 Å². The van der Waals surface area contributed by atoms with Crippen molar-refractivity contribution in [2.24, 2.45) is 5.92 Å². The second-order valence-corrected chi connectivity index (χ2v) is 4.96. The highest BCUT2D eigenvalue weighted by atomic mass is 19.1. The highest BCUT2D eigenvalue weighted by molar-refractivity contribution is 5.74. The summed E-state index contributed by atoms with van der Waals surface area (Å²) in [6.45, 7) is 5.63. The van der Waals surface area contributed by atoms with Crippen molar-refractivity contribution in [3.63, 3.8) is 0 Å². The molecule has 0 aromatic heterocycles. The van der Waals surface area contributed by atoms with Crippen LogP contribution in [0.25, 0.3) is 0 Å². The number of rotatable bonds is 3. The number of hydrogen-bond acceptors (Lipinski definition) is 3. The third-order valence-corrected chi connectivity index (χ3v) is 3.71. The highest BCUT2D eigenvalue weighted by Gasteiger charge is 2.33. The number of hydrogen-bond donors (Lipinski definition) is 1. The third-order valence-electron chi connectivity index (χ3n) is 3.71. The first kappa shape index (κ1) is 14.0. The Balaban J connectivity index is 2.28. The summed E-state index contributed by atoms with van der Waals surface area (Å²) < 4.78 is 18.6. The summed E-state index contributed by atoms with van der Waals surface area (Å²) in [4.78, 5) is 12.0. The normalized spacial score (nSPS) is 23.1. The quantitative estimate of drug-likeness (QED) is 0.853. The molecule has 0 radical (unpaired) electrons. The van der Waals surface area contributed by atoms with Crippen LogP contribution in [0.4, 0.5) is 4.39 Å². The SMILES string of the molecule is CCOC(=O)[C@H]1CCNC[C@H]1c1cc(F)ccc1C. The van der Waals surface area contributed by atoms with E-state index in [2.05, 4.69) is 5.32 Å². The summed E-state index contributed by atoms with van der Waals surface area (Å²) in [7, 11) is 0. The van der Waals surface area contributed by atoms with E-state index in [1.54, 1.807) is 19.1 Å². The second-order valence-electron chi connectivity index (χ2n) is 4.96. The van der Waals surface area contributed by atoms with Crippen molar-refractivity contribution in [2.45, 2.75) is 26.2 Å². The van der Waals surface area contributed by atoms with E-state index in [0.29, 0.717) is 13.2 Å². The molecule has 0 spiro atoms. The predicted molar refractivity (Wildman–Crippen MR) is 71.5 cm³/mol. The molecular formula is C15H20FNO2. The molecule has 3 nitrogen and oxygen atoms in total. The molecule has 1 aromatic rings. The maximum Gasteiger partial charge on any atom is 0.309 e. The van der Waals surface area contributed by atoms with Crippen LogP contribution in [-0.4, -0.2) is 25.7 Å². The Hall–Kier alpha value is -1.42. The van der Waals surface area contributed by atoms with Gasteiger partial charge in [0.15, 0.2) is 0 Å². The number of piperidine rings is 1. The van der Waals surface area contributed by atoms with Crippen LogP contribution >= 0.6 is 0 Å². The van der Waals surface area contributed by atoms with Gasteiger partial charge in [0.25, 0.3) is 0 Å². The number of benzene rings is 1. The summed E-state index contributed by atoms with van der Waals surface area (Å²) in [5, 5.41) is 3.28. The predicted octanol–water partition coefficient (Wildman–Crippen LogP) is 2.39. The number of nitrogens with one attached hydrogen (secondary N) is 1. The summed E-state index contributed by atoms with van der Waals surface area (Å²) in [6.07, 6.45) is 0.736. The fraction of sp³-hybridized carbons (Fsp3) is 0.533. The Kier molecular flexibility index (Phi) is 4.53. The van der Waals surface area contributed by atoms with Gasteiger partial charge >= 0.3 is 5.97 Å². The van der Waals surface area contributed by atoms with E-state index in [1.807, 2.05) is 6.92 Å². The minimum absolute atomic E-state index is 0.0106. The van der Waals surface area contributed by atoms with E-state index in [9.17, 15) is 9.18 Å². The van der Waals surface area contributed by atoms with E-state index in [4.69, 9.17) is 4.74 Å². The largest absolute Gasteiger partial charge is 0.466 e. The zero-order valence-corrected chi connectivity index (χ0v) is 11.4. The molecule has 19 heavy (non-hydrogen) atoms. The van der Waals surface area contributed by atoms with E-state index in [0.717, 1.165) is 24.1 Å². The molecule has 1 heterocycles. The van der Waals surface area contributed by atoms with Gasteiger partial charge in [0.1, 0.15) is 5.82 Å². The molecule has 0 bridgehead atoms. The van der Waals surface area contributed by atoms with Crippen molar-refractivity contribution in [1.82, 2.24) is 5.32 Å². The van der Waals surface area contributed by atoms with Crippen molar-refractivity contribution in [2.75, 3.05) is 19.7 Å². The van der Waals surface area contributed by atoms with Crippen LogP contribution in [0.15, 0.2) is 18.2 Å². The summed E-state index contributed by atoms with van der Waals surface area (Å²) in [6, 6.07) is 4.76. The number of aryl methyl sites for hydroxylation is 1. The van der Waals surface area contributed by atoms with Gasteiger partial charge in [-0.05, 0) is 50.1 Å². The van der Waals surface area contributed by atoms with Crippen LogP contribution in [0.5, 0.6) is 0 Å². The second kappa shape index (κ2) is 6.15. The number of esters is 1. The van der Waals surface area contributed by atoms with Gasteiger partial charge in [0, 0.05) is 12.5 Å². The van der Waals surface area contributed by atoms with Crippen LogP contribution in [0.3, 0.4) is 0 Å². The van der Waals surface area contributed by atoms with Gasteiger partial charge in [0.2, 0.25) is 0 Å². The van der Waals surface area contributed by atoms with Crippen molar-refractivity contribution in [3.05, 3.63) is 35.1 Å². The molecule has 1 aliphatic heterocycles. The minimum Gasteiger partial charge on any atom is -0.466 e. The minimum atomic E-state index is -0.256. The van der Waals surface area contributed by atoms with Gasteiger partial charge in [-0.15, -0.1) is 0 Å². The topological polar surface area (TPSA) is 38.3 Å². The Bertz CT molecular complexity index is 461. The molecule has 0 amide bonds. The Labute approximate surface area is 113 Å². The first-order valence-corrected chi connectivity index (χ1v) is 6.77.